The first-order chi connectivity index (χ1) is 9.67. The molecule has 0 spiro atoms. The van der Waals surface area contributed by atoms with E-state index in [1.54, 1.807) is 6.92 Å². The summed E-state index contributed by atoms with van der Waals surface area (Å²) in [5, 5.41) is 12.3. The average Bonchev–Trinajstić information content (AvgIpc) is 2.42. The molecule has 2 unspecified atom stereocenters. The second-order valence-corrected chi connectivity index (χ2v) is 6.49. The largest absolute Gasteiger partial charge is 0.481 e. The smallest absolute Gasteiger partial charge is 0.307 e. The van der Waals surface area contributed by atoms with E-state index >= 15 is 0 Å². The van der Waals surface area contributed by atoms with Gasteiger partial charge in [0.2, 0.25) is 5.91 Å². The summed E-state index contributed by atoms with van der Waals surface area (Å²) < 4.78 is 0. The van der Waals surface area contributed by atoms with Crippen LogP contribution in [0.1, 0.15) is 47.5 Å². The summed E-state index contributed by atoms with van der Waals surface area (Å²) in [5.41, 5.74) is -0.398. The van der Waals surface area contributed by atoms with Gasteiger partial charge in [0.1, 0.15) is 0 Å². The van der Waals surface area contributed by atoms with Crippen molar-refractivity contribution in [1.29, 1.82) is 0 Å². The number of amides is 1. The van der Waals surface area contributed by atoms with Crippen LogP contribution in [0.5, 0.6) is 0 Å². The van der Waals surface area contributed by atoms with Crippen molar-refractivity contribution in [2.24, 2.45) is 17.3 Å². The minimum Gasteiger partial charge on any atom is -0.481 e. The number of aliphatic carboxylic acids is 1. The molecule has 1 amide bonds. The highest BCUT2D eigenvalue weighted by atomic mass is 16.4. The number of carboxylic acid groups (broad SMARTS) is 1. The second kappa shape index (κ2) is 9.03. The zero-order valence-corrected chi connectivity index (χ0v) is 14.4. The van der Waals surface area contributed by atoms with E-state index in [2.05, 4.69) is 17.1 Å². The van der Waals surface area contributed by atoms with Crippen molar-refractivity contribution in [2.45, 2.75) is 47.5 Å². The van der Waals surface area contributed by atoms with E-state index in [1.165, 1.54) is 0 Å². The van der Waals surface area contributed by atoms with Crippen molar-refractivity contribution < 1.29 is 14.7 Å². The lowest BCUT2D eigenvalue weighted by Gasteiger charge is -2.33. The van der Waals surface area contributed by atoms with Crippen LogP contribution in [0, 0.1) is 17.3 Å². The highest BCUT2D eigenvalue weighted by Crippen LogP contribution is 2.36. The molecule has 5 heteroatoms. The highest BCUT2D eigenvalue weighted by molar-refractivity contribution is 5.84. The number of nitrogens with one attached hydrogen (secondary N) is 1. The van der Waals surface area contributed by atoms with E-state index in [0.29, 0.717) is 6.54 Å². The Morgan fingerprint density at radius 1 is 1.29 bits per heavy atom. The van der Waals surface area contributed by atoms with Crippen molar-refractivity contribution in [2.75, 3.05) is 26.7 Å². The fraction of sp³-hybridized carbons (Fsp3) is 0.875. The predicted molar refractivity (Wildman–Crippen MR) is 85.2 cm³/mol. The van der Waals surface area contributed by atoms with E-state index in [9.17, 15) is 14.7 Å². The lowest BCUT2D eigenvalue weighted by Crippen LogP contribution is -2.43. The van der Waals surface area contributed by atoms with Gasteiger partial charge in [0, 0.05) is 12.5 Å². The Bertz CT molecular complexity index is 342. The number of nitrogens with zero attached hydrogens (tertiary/aromatic N) is 1. The quantitative estimate of drug-likeness (QED) is 0.607. The molecule has 0 aliphatic carbocycles. The van der Waals surface area contributed by atoms with Gasteiger partial charge in [0.25, 0.3) is 0 Å². The van der Waals surface area contributed by atoms with Gasteiger partial charge in [-0.05, 0) is 32.0 Å². The van der Waals surface area contributed by atoms with Crippen LogP contribution in [0.15, 0.2) is 0 Å². The third-order valence-electron chi connectivity index (χ3n) is 4.49. The topological polar surface area (TPSA) is 69.6 Å². The first kappa shape index (κ1) is 19.9. The van der Waals surface area contributed by atoms with Gasteiger partial charge in [-0.2, -0.15) is 0 Å². The summed E-state index contributed by atoms with van der Waals surface area (Å²) >= 11 is 0. The molecule has 0 fully saturated rings. The van der Waals surface area contributed by atoms with Gasteiger partial charge < -0.3 is 15.3 Å². The third-order valence-corrected chi connectivity index (χ3v) is 4.49. The number of hydrogen-bond donors (Lipinski definition) is 2. The summed E-state index contributed by atoms with van der Waals surface area (Å²) in [6, 6.07) is 0. The van der Waals surface area contributed by atoms with Crippen LogP contribution in [0.25, 0.3) is 0 Å². The maximum atomic E-state index is 12.2. The van der Waals surface area contributed by atoms with E-state index in [0.717, 1.165) is 25.9 Å². The molecular formula is C16H32N2O3. The summed E-state index contributed by atoms with van der Waals surface area (Å²) in [4.78, 5) is 25.9. The molecule has 0 aromatic carbocycles. The molecule has 0 aliphatic rings. The number of carbonyl (C=O) groups is 2. The van der Waals surface area contributed by atoms with Gasteiger partial charge in [0.15, 0.2) is 0 Å². The van der Waals surface area contributed by atoms with E-state index < -0.39 is 23.2 Å². The van der Waals surface area contributed by atoms with Gasteiger partial charge in [0.05, 0.1) is 5.92 Å². The van der Waals surface area contributed by atoms with Crippen LogP contribution in [0.3, 0.4) is 0 Å². The van der Waals surface area contributed by atoms with Crippen LogP contribution < -0.4 is 5.32 Å². The molecule has 0 heterocycles. The first-order valence-electron chi connectivity index (χ1n) is 7.86. The molecule has 0 aromatic rings. The molecule has 0 radical (unpaired) electrons. The van der Waals surface area contributed by atoms with E-state index in [-0.39, 0.29) is 5.91 Å². The molecule has 0 bridgehead atoms. The highest BCUT2D eigenvalue weighted by Gasteiger charge is 2.40. The Morgan fingerprint density at radius 2 is 1.86 bits per heavy atom. The Morgan fingerprint density at radius 3 is 2.29 bits per heavy atom. The van der Waals surface area contributed by atoms with Crippen molar-refractivity contribution in [3.63, 3.8) is 0 Å². The van der Waals surface area contributed by atoms with Gasteiger partial charge in [-0.25, -0.2) is 0 Å². The average molecular weight is 300 g/mol. The molecule has 2 N–H and O–H groups in total. The first-order valence-corrected chi connectivity index (χ1v) is 7.86. The molecule has 0 saturated heterocycles. The molecule has 21 heavy (non-hydrogen) atoms. The van der Waals surface area contributed by atoms with Crippen molar-refractivity contribution in [3.8, 4) is 0 Å². The standard InChI is InChI=1S/C16H32N2O3/c1-7-16(4,5)13(15(20)21)12(3)14(19)17-10-9-11-18(6)8-2/h12-13H,7-11H2,1-6H3,(H,17,19)(H,20,21). The molecular weight excluding hydrogens is 268 g/mol. The summed E-state index contributed by atoms with van der Waals surface area (Å²) in [5.74, 6) is -2.25. The Balaban J connectivity index is 4.49. The molecule has 0 saturated carbocycles. The Hall–Kier alpha value is -1.10. The fourth-order valence-electron chi connectivity index (χ4n) is 2.48. The maximum Gasteiger partial charge on any atom is 0.307 e. The van der Waals surface area contributed by atoms with Crippen molar-refractivity contribution >= 4 is 11.9 Å². The van der Waals surface area contributed by atoms with Crippen LogP contribution in [-0.4, -0.2) is 48.6 Å². The number of hydrogen-bond acceptors (Lipinski definition) is 3. The monoisotopic (exact) mass is 300 g/mol. The zero-order valence-electron chi connectivity index (χ0n) is 14.4. The van der Waals surface area contributed by atoms with Crippen molar-refractivity contribution in [3.05, 3.63) is 0 Å². The van der Waals surface area contributed by atoms with Gasteiger partial charge in [-0.15, -0.1) is 0 Å². The number of carboxylic acids is 1. The normalized spacial score (nSPS) is 14.8. The van der Waals surface area contributed by atoms with Gasteiger partial charge in [-0.1, -0.05) is 41.0 Å². The minimum absolute atomic E-state index is 0.164. The molecule has 2 atom stereocenters. The summed E-state index contributed by atoms with van der Waals surface area (Å²) in [6.07, 6.45) is 1.60. The van der Waals surface area contributed by atoms with Gasteiger partial charge >= 0.3 is 5.97 Å². The van der Waals surface area contributed by atoms with Crippen LogP contribution in [0.2, 0.25) is 0 Å². The molecule has 0 aliphatic heterocycles. The zero-order chi connectivity index (χ0) is 16.6. The second-order valence-electron chi connectivity index (χ2n) is 6.49. The van der Waals surface area contributed by atoms with Crippen LogP contribution in [-0.2, 0) is 9.59 Å². The van der Waals surface area contributed by atoms with Crippen molar-refractivity contribution in [1.82, 2.24) is 10.2 Å². The predicted octanol–water partition coefficient (Wildman–Crippen LogP) is 2.22. The number of carbonyl (C=O) groups excluding carboxylic acids is 1. The molecule has 5 nitrogen and oxygen atoms in total. The molecule has 0 aromatic heterocycles. The number of rotatable bonds is 10. The fourth-order valence-corrected chi connectivity index (χ4v) is 2.48. The SMILES string of the molecule is CCN(C)CCCNC(=O)C(C)C(C(=O)O)C(C)(C)CC. The Kier molecular flexibility index (Phi) is 8.55. The Labute approximate surface area is 129 Å². The minimum atomic E-state index is -0.893. The van der Waals surface area contributed by atoms with Crippen LogP contribution >= 0.6 is 0 Å². The maximum absolute atomic E-state index is 12.2. The lowest BCUT2D eigenvalue weighted by molar-refractivity contribution is -0.152. The summed E-state index contributed by atoms with van der Waals surface area (Å²) in [7, 11) is 2.04. The third kappa shape index (κ3) is 6.46. The summed E-state index contributed by atoms with van der Waals surface area (Å²) in [6.45, 7) is 12.1. The van der Waals surface area contributed by atoms with Crippen LogP contribution in [0.4, 0.5) is 0 Å². The lowest BCUT2D eigenvalue weighted by atomic mass is 9.70. The van der Waals surface area contributed by atoms with Gasteiger partial charge in [-0.3, -0.25) is 9.59 Å². The molecule has 0 rings (SSSR count). The van der Waals surface area contributed by atoms with E-state index in [4.69, 9.17) is 0 Å². The van der Waals surface area contributed by atoms with E-state index in [1.807, 2.05) is 27.8 Å². The molecule has 124 valence electrons.